The lowest BCUT2D eigenvalue weighted by atomic mass is 10.1. The minimum absolute atomic E-state index is 0.588. The molecule has 0 spiro atoms. The van der Waals surface area contributed by atoms with Crippen LogP contribution in [0, 0.1) is 5.92 Å². The molecule has 2 heterocycles. The Balaban J connectivity index is 2.35. The van der Waals surface area contributed by atoms with E-state index < -0.39 is 0 Å². The normalized spacial score (nSPS) is 11.2. The molecule has 0 saturated heterocycles. The first-order valence-electron chi connectivity index (χ1n) is 6.92. The summed E-state index contributed by atoms with van der Waals surface area (Å²) in [7, 11) is 0. The predicted octanol–water partition coefficient (Wildman–Crippen LogP) is 4.17. The lowest BCUT2D eigenvalue weighted by Gasteiger charge is -2.04. The van der Waals surface area contributed by atoms with Crippen LogP contribution in [0.5, 0.6) is 0 Å². The predicted molar refractivity (Wildman–Crippen MR) is 86.3 cm³/mol. The van der Waals surface area contributed by atoms with E-state index in [1.807, 2.05) is 12.1 Å². The fourth-order valence-electron chi connectivity index (χ4n) is 1.95. The average Bonchev–Trinajstić information content (AvgIpc) is 2.79. The Hall–Kier alpha value is -0.970. The lowest BCUT2D eigenvalue weighted by molar-refractivity contribution is 0.627. The van der Waals surface area contributed by atoms with Gasteiger partial charge in [-0.3, -0.25) is 4.98 Å². The molecule has 2 aromatic rings. The molecule has 0 unspecified atom stereocenters. The van der Waals surface area contributed by atoms with Crippen molar-refractivity contribution < 1.29 is 0 Å². The maximum Gasteiger partial charge on any atom is 0.143 e. The summed E-state index contributed by atoms with van der Waals surface area (Å²) in [5.41, 5.74) is 1.95. The maximum absolute atomic E-state index is 6.22. The van der Waals surface area contributed by atoms with Crippen LogP contribution in [0.2, 0.25) is 5.02 Å². The second-order valence-corrected chi connectivity index (χ2v) is 6.59. The molecule has 0 atom stereocenters. The highest BCUT2D eigenvalue weighted by Gasteiger charge is 2.15. The number of nitrogens with one attached hydrogen (secondary N) is 1. The van der Waals surface area contributed by atoms with Gasteiger partial charge in [-0.05, 0) is 31.0 Å². The summed E-state index contributed by atoms with van der Waals surface area (Å²) in [6.45, 7) is 8.35. The minimum Gasteiger partial charge on any atom is -0.312 e. The Morgan fingerprint density at radius 2 is 2.20 bits per heavy atom. The quantitative estimate of drug-likeness (QED) is 0.870. The van der Waals surface area contributed by atoms with Crippen molar-refractivity contribution in [2.45, 2.75) is 33.7 Å². The van der Waals surface area contributed by atoms with Crippen LogP contribution in [0.4, 0.5) is 0 Å². The van der Waals surface area contributed by atoms with E-state index >= 15 is 0 Å². The highest BCUT2D eigenvalue weighted by Crippen LogP contribution is 2.32. The zero-order chi connectivity index (χ0) is 14.5. The molecule has 3 nitrogen and oxygen atoms in total. The molecule has 1 N–H and O–H groups in total. The zero-order valence-corrected chi connectivity index (χ0v) is 13.7. The van der Waals surface area contributed by atoms with Crippen LogP contribution in [0.15, 0.2) is 18.3 Å². The van der Waals surface area contributed by atoms with Gasteiger partial charge in [-0.1, -0.05) is 32.4 Å². The molecule has 0 fully saturated rings. The number of nitrogens with zero attached hydrogens (tertiary/aromatic N) is 2. The molecular weight excluding hydrogens is 290 g/mol. The van der Waals surface area contributed by atoms with E-state index in [9.17, 15) is 0 Å². The van der Waals surface area contributed by atoms with Gasteiger partial charge in [0.05, 0.1) is 10.7 Å². The lowest BCUT2D eigenvalue weighted by Crippen LogP contribution is -2.12. The molecule has 0 aliphatic carbocycles. The molecule has 0 aliphatic heterocycles. The largest absolute Gasteiger partial charge is 0.312 e. The van der Waals surface area contributed by atoms with Crippen molar-refractivity contribution in [2.75, 3.05) is 6.54 Å². The second kappa shape index (κ2) is 7.16. The molecule has 0 saturated carbocycles. The first-order chi connectivity index (χ1) is 9.61. The summed E-state index contributed by atoms with van der Waals surface area (Å²) in [5.74, 6) is 0.588. The third-order valence-electron chi connectivity index (χ3n) is 2.88. The van der Waals surface area contributed by atoms with Crippen LogP contribution in [0.3, 0.4) is 0 Å². The van der Waals surface area contributed by atoms with Gasteiger partial charge in [0.15, 0.2) is 0 Å². The Morgan fingerprint density at radius 3 is 2.85 bits per heavy atom. The van der Waals surface area contributed by atoms with E-state index in [1.54, 1.807) is 17.5 Å². The average molecular weight is 310 g/mol. The van der Waals surface area contributed by atoms with Crippen molar-refractivity contribution in [3.05, 3.63) is 33.9 Å². The van der Waals surface area contributed by atoms with Gasteiger partial charge in [0, 0.05) is 17.6 Å². The number of halogens is 1. The SMILES string of the molecule is CCNCc1sc(-c2ncccc2Cl)nc1CC(C)C. The van der Waals surface area contributed by atoms with Crippen molar-refractivity contribution in [1.82, 2.24) is 15.3 Å². The van der Waals surface area contributed by atoms with E-state index in [0.29, 0.717) is 10.9 Å². The van der Waals surface area contributed by atoms with E-state index in [2.05, 4.69) is 31.1 Å². The van der Waals surface area contributed by atoms with E-state index in [-0.39, 0.29) is 0 Å². The number of aromatic nitrogens is 2. The van der Waals surface area contributed by atoms with E-state index in [4.69, 9.17) is 16.6 Å². The Labute approximate surface area is 129 Å². The highest BCUT2D eigenvalue weighted by molar-refractivity contribution is 7.15. The van der Waals surface area contributed by atoms with Crippen LogP contribution >= 0.6 is 22.9 Å². The van der Waals surface area contributed by atoms with E-state index in [1.165, 1.54) is 10.6 Å². The molecule has 2 aromatic heterocycles. The topological polar surface area (TPSA) is 37.8 Å². The van der Waals surface area contributed by atoms with Crippen LogP contribution < -0.4 is 5.32 Å². The van der Waals surface area contributed by atoms with Crippen LogP contribution in [-0.2, 0) is 13.0 Å². The Morgan fingerprint density at radius 1 is 1.40 bits per heavy atom. The molecule has 5 heteroatoms. The van der Waals surface area contributed by atoms with Crippen LogP contribution in [-0.4, -0.2) is 16.5 Å². The van der Waals surface area contributed by atoms with Crippen molar-refractivity contribution in [3.8, 4) is 10.7 Å². The Kier molecular flexibility index (Phi) is 5.52. The fourth-order valence-corrected chi connectivity index (χ4v) is 3.29. The van der Waals surface area contributed by atoms with Gasteiger partial charge in [-0.15, -0.1) is 11.3 Å². The molecule has 2 rings (SSSR count). The van der Waals surface area contributed by atoms with Crippen molar-refractivity contribution in [2.24, 2.45) is 5.92 Å². The van der Waals surface area contributed by atoms with Crippen molar-refractivity contribution >= 4 is 22.9 Å². The van der Waals surface area contributed by atoms with E-state index in [0.717, 1.165) is 30.2 Å². The molecule has 0 radical (unpaired) electrons. The molecule has 0 bridgehead atoms. The molecular formula is C15H20ClN3S. The maximum atomic E-state index is 6.22. The zero-order valence-electron chi connectivity index (χ0n) is 12.1. The minimum atomic E-state index is 0.588. The fraction of sp³-hybridized carbons (Fsp3) is 0.467. The first kappa shape index (κ1) is 15.4. The number of rotatable bonds is 6. The van der Waals surface area contributed by atoms with Gasteiger partial charge in [-0.25, -0.2) is 4.98 Å². The summed E-state index contributed by atoms with van der Waals surface area (Å²) in [6, 6.07) is 3.70. The summed E-state index contributed by atoms with van der Waals surface area (Å²) in [6.07, 6.45) is 2.75. The Bertz CT molecular complexity index is 566. The molecule has 0 amide bonds. The third-order valence-corrected chi connectivity index (χ3v) is 4.29. The summed E-state index contributed by atoms with van der Waals surface area (Å²) >= 11 is 7.91. The summed E-state index contributed by atoms with van der Waals surface area (Å²) in [5, 5.41) is 4.95. The van der Waals surface area contributed by atoms with Crippen LogP contribution in [0.25, 0.3) is 10.7 Å². The third kappa shape index (κ3) is 3.78. The van der Waals surface area contributed by atoms with Gasteiger partial charge in [0.2, 0.25) is 0 Å². The standard InChI is InChI=1S/C15H20ClN3S/c1-4-17-9-13-12(8-10(2)3)19-15(20-13)14-11(16)6-5-7-18-14/h5-7,10,17H,4,8-9H2,1-3H3. The van der Waals surface area contributed by atoms with Gasteiger partial charge < -0.3 is 5.32 Å². The molecule has 0 aromatic carbocycles. The molecule has 108 valence electrons. The number of pyridine rings is 1. The smallest absolute Gasteiger partial charge is 0.143 e. The highest BCUT2D eigenvalue weighted by atomic mass is 35.5. The number of hydrogen-bond acceptors (Lipinski definition) is 4. The summed E-state index contributed by atoms with van der Waals surface area (Å²) in [4.78, 5) is 10.4. The molecule has 20 heavy (non-hydrogen) atoms. The monoisotopic (exact) mass is 309 g/mol. The van der Waals surface area contributed by atoms with Gasteiger partial charge in [0.1, 0.15) is 10.7 Å². The second-order valence-electron chi connectivity index (χ2n) is 5.10. The van der Waals surface area contributed by atoms with Crippen molar-refractivity contribution in [1.29, 1.82) is 0 Å². The van der Waals surface area contributed by atoms with Crippen LogP contribution in [0.1, 0.15) is 31.3 Å². The van der Waals surface area contributed by atoms with Crippen molar-refractivity contribution in [3.63, 3.8) is 0 Å². The molecule has 0 aliphatic rings. The first-order valence-corrected chi connectivity index (χ1v) is 8.11. The van der Waals surface area contributed by atoms with Gasteiger partial charge in [-0.2, -0.15) is 0 Å². The van der Waals surface area contributed by atoms with Gasteiger partial charge in [0.25, 0.3) is 0 Å². The number of hydrogen-bond donors (Lipinski definition) is 1. The number of thiazole rings is 1. The summed E-state index contributed by atoms with van der Waals surface area (Å²) < 4.78 is 0. The van der Waals surface area contributed by atoms with Gasteiger partial charge >= 0.3 is 0 Å².